The Morgan fingerprint density at radius 1 is 1.32 bits per heavy atom. The van der Waals surface area contributed by atoms with Crippen LogP contribution in [0.3, 0.4) is 0 Å². The summed E-state index contributed by atoms with van der Waals surface area (Å²) in [5, 5.41) is 3.39. The lowest BCUT2D eigenvalue weighted by Crippen LogP contribution is -2.29. The van der Waals surface area contributed by atoms with E-state index >= 15 is 0 Å². The van der Waals surface area contributed by atoms with Gasteiger partial charge in [-0.1, -0.05) is 25.8 Å². The zero-order valence-corrected chi connectivity index (χ0v) is 11.8. The third-order valence-corrected chi connectivity index (χ3v) is 4.19. The normalized spacial score (nSPS) is 25.3. The zero-order chi connectivity index (χ0) is 13.8. The van der Waals surface area contributed by atoms with E-state index in [1.807, 2.05) is 6.92 Å². The van der Waals surface area contributed by atoms with Crippen LogP contribution in [0.15, 0.2) is 18.2 Å². The van der Waals surface area contributed by atoms with Gasteiger partial charge in [0.05, 0.1) is 0 Å². The number of nitrogens with one attached hydrogen (secondary N) is 1. The Morgan fingerprint density at radius 3 is 2.79 bits per heavy atom. The van der Waals surface area contributed by atoms with Gasteiger partial charge < -0.3 is 5.32 Å². The predicted molar refractivity (Wildman–Crippen MR) is 73.9 cm³/mol. The van der Waals surface area contributed by atoms with Crippen LogP contribution in [-0.2, 0) is 0 Å². The molecule has 106 valence electrons. The number of hydrogen-bond acceptors (Lipinski definition) is 1. The van der Waals surface area contributed by atoms with Gasteiger partial charge in [-0.15, -0.1) is 0 Å². The van der Waals surface area contributed by atoms with Crippen molar-refractivity contribution in [3.8, 4) is 0 Å². The highest BCUT2D eigenvalue weighted by molar-refractivity contribution is 5.21. The summed E-state index contributed by atoms with van der Waals surface area (Å²) in [7, 11) is 0. The highest BCUT2D eigenvalue weighted by Gasteiger charge is 2.20. The third kappa shape index (κ3) is 4.00. The summed E-state index contributed by atoms with van der Waals surface area (Å²) in [6.07, 6.45) is 5.15. The van der Waals surface area contributed by atoms with E-state index in [4.69, 9.17) is 0 Å². The minimum Gasteiger partial charge on any atom is -0.310 e. The van der Waals surface area contributed by atoms with Gasteiger partial charge in [-0.3, -0.25) is 0 Å². The van der Waals surface area contributed by atoms with Crippen molar-refractivity contribution in [2.24, 2.45) is 11.8 Å². The van der Waals surface area contributed by atoms with E-state index in [0.717, 1.165) is 18.5 Å². The molecule has 0 saturated heterocycles. The van der Waals surface area contributed by atoms with Gasteiger partial charge >= 0.3 is 0 Å². The average Bonchev–Trinajstić information content (AvgIpc) is 2.36. The summed E-state index contributed by atoms with van der Waals surface area (Å²) in [6.45, 7) is 5.15. The van der Waals surface area contributed by atoms with Crippen molar-refractivity contribution in [2.75, 3.05) is 6.54 Å². The van der Waals surface area contributed by atoms with E-state index in [1.165, 1.54) is 37.8 Å². The molecule has 2 rings (SSSR count). The lowest BCUT2D eigenvalue weighted by atomic mass is 9.82. The molecule has 0 aliphatic heterocycles. The molecular weight excluding hydrogens is 244 g/mol. The van der Waals surface area contributed by atoms with E-state index < -0.39 is 11.6 Å². The van der Waals surface area contributed by atoms with E-state index in [-0.39, 0.29) is 6.04 Å². The van der Waals surface area contributed by atoms with Crippen molar-refractivity contribution in [2.45, 2.75) is 45.6 Å². The molecule has 19 heavy (non-hydrogen) atoms. The summed E-state index contributed by atoms with van der Waals surface area (Å²) < 4.78 is 26.5. The summed E-state index contributed by atoms with van der Waals surface area (Å²) in [5.74, 6) is 0.514. The quantitative estimate of drug-likeness (QED) is 0.850. The molecule has 3 atom stereocenters. The minimum absolute atomic E-state index is 0.0715. The highest BCUT2D eigenvalue weighted by Crippen LogP contribution is 2.28. The molecule has 1 aliphatic carbocycles. The van der Waals surface area contributed by atoms with Crippen LogP contribution in [0.25, 0.3) is 0 Å². The van der Waals surface area contributed by atoms with Gasteiger partial charge in [0.15, 0.2) is 0 Å². The Kier molecular flexibility index (Phi) is 4.92. The standard InChI is InChI=1S/C16H23F2N/c1-11-4-3-5-13(8-11)10-19-12(2)15-7-6-14(17)9-16(15)18/h6-7,9,11-13,19H,3-5,8,10H2,1-2H3. The molecule has 0 bridgehead atoms. The second-order valence-corrected chi connectivity index (χ2v) is 5.93. The van der Waals surface area contributed by atoms with Gasteiger partial charge in [0.1, 0.15) is 11.6 Å². The second kappa shape index (κ2) is 6.47. The third-order valence-electron chi connectivity index (χ3n) is 4.19. The van der Waals surface area contributed by atoms with Crippen LogP contribution in [0.5, 0.6) is 0 Å². The minimum atomic E-state index is -0.519. The molecule has 0 spiro atoms. The van der Waals surface area contributed by atoms with Crippen LogP contribution in [-0.4, -0.2) is 6.54 Å². The average molecular weight is 267 g/mol. The lowest BCUT2D eigenvalue weighted by molar-refractivity contribution is 0.268. The first-order chi connectivity index (χ1) is 9.06. The van der Waals surface area contributed by atoms with Gasteiger partial charge in [0.2, 0.25) is 0 Å². The molecule has 0 aromatic heterocycles. The SMILES string of the molecule is CC1CCCC(CNC(C)c2ccc(F)cc2F)C1. The smallest absolute Gasteiger partial charge is 0.130 e. The van der Waals surface area contributed by atoms with Gasteiger partial charge in [0.25, 0.3) is 0 Å². The van der Waals surface area contributed by atoms with Crippen LogP contribution >= 0.6 is 0 Å². The van der Waals surface area contributed by atoms with Gasteiger partial charge in [-0.25, -0.2) is 8.78 Å². The molecular formula is C16H23F2N. The maximum atomic E-state index is 13.6. The summed E-state index contributed by atoms with van der Waals surface area (Å²) >= 11 is 0. The molecule has 1 aliphatic rings. The summed E-state index contributed by atoms with van der Waals surface area (Å²) in [4.78, 5) is 0. The molecule has 0 heterocycles. The molecule has 0 amide bonds. The highest BCUT2D eigenvalue weighted by atomic mass is 19.1. The Balaban J connectivity index is 1.88. The molecule has 1 nitrogen and oxygen atoms in total. The topological polar surface area (TPSA) is 12.0 Å². The maximum Gasteiger partial charge on any atom is 0.130 e. The monoisotopic (exact) mass is 267 g/mol. The molecule has 1 aromatic carbocycles. The van der Waals surface area contributed by atoms with E-state index in [0.29, 0.717) is 11.5 Å². The van der Waals surface area contributed by atoms with Crippen LogP contribution in [0, 0.1) is 23.5 Å². The molecule has 3 unspecified atom stereocenters. The molecule has 1 N–H and O–H groups in total. The van der Waals surface area contributed by atoms with Crippen molar-refractivity contribution in [3.63, 3.8) is 0 Å². The molecule has 1 fully saturated rings. The first kappa shape index (κ1) is 14.4. The van der Waals surface area contributed by atoms with Crippen molar-refractivity contribution < 1.29 is 8.78 Å². The van der Waals surface area contributed by atoms with Crippen molar-refractivity contribution in [1.29, 1.82) is 0 Å². The summed E-state index contributed by atoms with van der Waals surface area (Å²) in [5.41, 5.74) is 0.547. The Bertz CT molecular complexity index is 419. The Hall–Kier alpha value is -0.960. The van der Waals surface area contributed by atoms with Crippen molar-refractivity contribution in [1.82, 2.24) is 5.32 Å². The van der Waals surface area contributed by atoms with Crippen LogP contribution in [0.2, 0.25) is 0 Å². The van der Waals surface area contributed by atoms with E-state index in [9.17, 15) is 8.78 Å². The van der Waals surface area contributed by atoms with Gasteiger partial charge in [0, 0.05) is 17.7 Å². The number of benzene rings is 1. The van der Waals surface area contributed by atoms with Gasteiger partial charge in [-0.2, -0.15) is 0 Å². The number of rotatable bonds is 4. The largest absolute Gasteiger partial charge is 0.310 e. The van der Waals surface area contributed by atoms with Crippen LogP contribution in [0.1, 0.15) is 51.1 Å². The number of hydrogen-bond donors (Lipinski definition) is 1. The number of halogens is 2. The van der Waals surface area contributed by atoms with E-state index in [1.54, 1.807) is 0 Å². The fourth-order valence-electron chi connectivity index (χ4n) is 3.05. The lowest BCUT2D eigenvalue weighted by Gasteiger charge is -2.28. The first-order valence-electron chi connectivity index (χ1n) is 7.24. The fourth-order valence-corrected chi connectivity index (χ4v) is 3.05. The zero-order valence-electron chi connectivity index (χ0n) is 11.8. The molecule has 0 radical (unpaired) electrons. The second-order valence-electron chi connectivity index (χ2n) is 5.93. The Morgan fingerprint density at radius 2 is 2.11 bits per heavy atom. The van der Waals surface area contributed by atoms with Crippen LogP contribution in [0.4, 0.5) is 8.78 Å². The van der Waals surface area contributed by atoms with E-state index in [2.05, 4.69) is 12.2 Å². The fraction of sp³-hybridized carbons (Fsp3) is 0.625. The Labute approximate surface area is 114 Å². The van der Waals surface area contributed by atoms with Crippen molar-refractivity contribution in [3.05, 3.63) is 35.4 Å². The van der Waals surface area contributed by atoms with Crippen LogP contribution < -0.4 is 5.32 Å². The molecule has 1 saturated carbocycles. The van der Waals surface area contributed by atoms with Gasteiger partial charge in [-0.05, 0) is 44.2 Å². The van der Waals surface area contributed by atoms with Crippen molar-refractivity contribution >= 4 is 0 Å². The predicted octanol–water partition coefficient (Wildman–Crippen LogP) is 4.44. The first-order valence-corrected chi connectivity index (χ1v) is 7.24. The maximum absolute atomic E-state index is 13.6. The molecule has 3 heteroatoms. The molecule has 1 aromatic rings. The summed E-state index contributed by atoms with van der Waals surface area (Å²) in [6, 6.07) is 3.74.